The number of nitrogens with one attached hydrogen (secondary N) is 3. The summed E-state index contributed by atoms with van der Waals surface area (Å²) in [6.45, 7) is 2.64. The van der Waals surface area contributed by atoms with Crippen LogP contribution in [0.4, 0.5) is 0 Å². The number of carbonyl (C=O) groups excluding carboxylic acids is 6. The number of likely N-dealkylation sites (N-methyl/N-ethyl adjacent to an activating group) is 1. The number of benzene rings is 4. The predicted molar refractivity (Wildman–Crippen MR) is 243 cm³/mol. The van der Waals surface area contributed by atoms with Gasteiger partial charge in [-0.2, -0.15) is 0 Å². The largest absolute Gasteiger partial charge is 0.507 e. The molecule has 15 nitrogen and oxygen atoms in total. The molecule has 340 valence electrons. The van der Waals surface area contributed by atoms with Crippen molar-refractivity contribution in [3.63, 3.8) is 0 Å². The van der Waals surface area contributed by atoms with Crippen molar-refractivity contribution in [1.29, 1.82) is 0 Å². The third-order valence-corrected chi connectivity index (χ3v) is 12.2. The van der Waals surface area contributed by atoms with Gasteiger partial charge in [0.2, 0.25) is 27.7 Å². The van der Waals surface area contributed by atoms with Crippen molar-refractivity contribution in [2.45, 2.75) is 70.5 Å². The second-order valence-electron chi connectivity index (χ2n) is 16.3. The lowest BCUT2D eigenvalue weighted by atomic mass is 9.88. The standard InChI is InChI=1S/C47H54ClN5O10S/c1-27-21-42(57)44(53(3)47(61)34(7-5-6-20-49)25-41(56)32-11-9-30(10-12-32)31-13-16-35(48)17-14-31)33-15-19-40(55)37(24-33)36-22-29(8-18-39(36)54)23-38(52-45(27)59)46(60)51-28(2)43(58)26-50-64(4,62)63/h8-19,22,24,27-28,34,38,44,50,54-55H,5-7,20-21,23,25-26,49H2,1-4H3,(H,51,60)(H,52,59)/t27-,28+,34-,38+,44+/m1/s1. The maximum Gasteiger partial charge on any atom is 0.243 e. The monoisotopic (exact) mass is 915 g/mol. The van der Waals surface area contributed by atoms with E-state index in [1.165, 1.54) is 62.2 Å². The Hall–Kier alpha value is -5.94. The van der Waals surface area contributed by atoms with Crippen LogP contribution in [0.15, 0.2) is 84.9 Å². The first kappa shape index (κ1) is 49.1. The van der Waals surface area contributed by atoms with E-state index in [4.69, 9.17) is 17.3 Å². The van der Waals surface area contributed by atoms with Crippen molar-refractivity contribution >= 4 is 56.7 Å². The van der Waals surface area contributed by atoms with Gasteiger partial charge < -0.3 is 31.5 Å². The number of rotatable bonds is 16. The molecule has 0 saturated carbocycles. The highest BCUT2D eigenvalue weighted by atomic mass is 35.5. The van der Waals surface area contributed by atoms with Crippen molar-refractivity contribution in [3.05, 3.63) is 107 Å². The fraction of sp³-hybridized carbons (Fsp3) is 0.362. The van der Waals surface area contributed by atoms with Crippen LogP contribution in [0.5, 0.6) is 11.5 Å². The van der Waals surface area contributed by atoms with E-state index in [-0.39, 0.29) is 53.2 Å². The molecule has 1 aliphatic heterocycles. The fourth-order valence-electron chi connectivity index (χ4n) is 7.60. The van der Waals surface area contributed by atoms with Gasteiger partial charge in [-0.3, -0.25) is 28.8 Å². The molecule has 1 aliphatic rings. The van der Waals surface area contributed by atoms with Crippen molar-refractivity contribution in [2.24, 2.45) is 17.6 Å². The van der Waals surface area contributed by atoms with Gasteiger partial charge >= 0.3 is 0 Å². The van der Waals surface area contributed by atoms with Crippen molar-refractivity contribution in [3.8, 4) is 33.8 Å². The molecule has 5 atom stereocenters. The Labute approximate surface area is 377 Å². The van der Waals surface area contributed by atoms with Crippen molar-refractivity contribution in [1.82, 2.24) is 20.3 Å². The van der Waals surface area contributed by atoms with Gasteiger partial charge in [0.25, 0.3) is 0 Å². The smallest absolute Gasteiger partial charge is 0.243 e. The van der Waals surface area contributed by atoms with E-state index in [1.807, 2.05) is 24.3 Å². The molecule has 4 bridgehead atoms. The lowest BCUT2D eigenvalue weighted by molar-refractivity contribution is -0.142. The van der Waals surface area contributed by atoms with Gasteiger partial charge in [-0.05, 0) is 85.0 Å². The SMILES string of the molecule is C[C@@H]1CC(=O)[C@@H](N(C)C(=O)[C@H](CCCCN)CC(=O)c2ccc(-c3ccc(Cl)cc3)cc2)c2ccc(O)c(c2)-c2cc(ccc2O)C[C@@H](C(=O)N[C@@H](C)C(=O)CNS(C)(=O)=O)NC1=O. The number of nitrogens with two attached hydrogens (primary N) is 1. The minimum Gasteiger partial charge on any atom is -0.507 e. The number of sulfonamides is 1. The molecule has 0 spiro atoms. The Kier molecular flexibility index (Phi) is 16.6. The molecule has 5 rings (SSSR count). The van der Waals surface area contributed by atoms with Crippen LogP contribution in [0.25, 0.3) is 22.3 Å². The van der Waals surface area contributed by atoms with Gasteiger partial charge in [0.1, 0.15) is 23.6 Å². The number of Topliss-reactive ketones (excluding diaryl/α,β-unsaturated/α-hetero) is 3. The molecule has 0 saturated heterocycles. The topological polar surface area (TPSA) is 242 Å². The van der Waals surface area contributed by atoms with Crippen LogP contribution in [0, 0.1) is 11.8 Å². The first-order chi connectivity index (χ1) is 30.3. The summed E-state index contributed by atoms with van der Waals surface area (Å²) in [7, 11) is -2.26. The minimum absolute atomic E-state index is 0.111. The quantitative estimate of drug-likeness (QED) is 0.0655. The first-order valence-electron chi connectivity index (χ1n) is 20.9. The molecule has 17 heteroatoms. The summed E-state index contributed by atoms with van der Waals surface area (Å²) in [6.07, 6.45) is 1.57. The molecule has 0 aliphatic carbocycles. The minimum atomic E-state index is -3.70. The van der Waals surface area contributed by atoms with Gasteiger partial charge in [0.05, 0.1) is 18.8 Å². The van der Waals surface area contributed by atoms with Crippen LogP contribution in [-0.2, 0) is 40.4 Å². The molecule has 4 aromatic carbocycles. The second-order valence-corrected chi connectivity index (χ2v) is 18.6. The van der Waals surface area contributed by atoms with Gasteiger partial charge in [-0.25, -0.2) is 13.1 Å². The lowest BCUT2D eigenvalue weighted by Gasteiger charge is -2.32. The van der Waals surface area contributed by atoms with Crippen LogP contribution >= 0.6 is 11.6 Å². The number of phenols is 2. The predicted octanol–water partition coefficient (Wildman–Crippen LogP) is 4.86. The third kappa shape index (κ3) is 12.8. The maximum atomic E-state index is 14.6. The summed E-state index contributed by atoms with van der Waals surface area (Å²) in [4.78, 5) is 84.5. The van der Waals surface area contributed by atoms with E-state index in [2.05, 4.69) is 15.4 Å². The average molecular weight is 916 g/mol. The van der Waals surface area contributed by atoms with Gasteiger partial charge in [-0.15, -0.1) is 0 Å². The highest BCUT2D eigenvalue weighted by Crippen LogP contribution is 2.40. The molecule has 7 N–H and O–H groups in total. The second kappa shape index (κ2) is 21.6. The van der Waals surface area contributed by atoms with Crippen LogP contribution in [0.1, 0.15) is 73.5 Å². The molecule has 1 heterocycles. The number of halogens is 1. The molecule has 0 fully saturated rings. The van der Waals surface area contributed by atoms with Crippen molar-refractivity contribution < 1.29 is 47.4 Å². The van der Waals surface area contributed by atoms with Crippen LogP contribution in [0.3, 0.4) is 0 Å². The zero-order chi connectivity index (χ0) is 46.9. The van der Waals surface area contributed by atoms with E-state index in [0.29, 0.717) is 35.5 Å². The molecule has 0 radical (unpaired) electrons. The molecule has 4 aromatic rings. The number of nitrogens with zero attached hydrogens (tertiary/aromatic N) is 1. The molecule has 64 heavy (non-hydrogen) atoms. The summed E-state index contributed by atoms with van der Waals surface area (Å²) in [5.74, 6) is -5.90. The number of hydrogen-bond acceptors (Lipinski definition) is 11. The molecule has 3 amide bonds. The number of ketones is 3. The highest BCUT2D eigenvalue weighted by Gasteiger charge is 2.36. The number of amides is 3. The number of fused-ring (bicyclic) bond motifs is 5. The summed E-state index contributed by atoms with van der Waals surface area (Å²) in [6, 6.07) is 19.2. The van der Waals surface area contributed by atoms with E-state index < -0.39 is 82.2 Å². The number of carbonyl (C=O) groups is 6. The Morgan fingerprint density at radius 3 is 2.12 bits per heavy atom. The van der Waals surface area contributed by atoms with Gasteiger partial charge in [0.15, 0.2) is 17.3 Å². The summed E-state index contributed by atoms with van der Waals surface area (Å²) < 4.78 is 25.2. The van der Waals surface area contributed by atoms with Crippen molar-refractivity contribution in [2.75, 3.05) is 26.4 Å². The third-order valence-electron chi connectivity index (χ3n) is 11.3. The average Bonchev–Trinajstić information content (AvgIpc) is 3.25. The van der Waals surface area contributed by atoms with E-state index in [9.17, 15) is 47.4 Å². The van der Waals surface area contributed by atoms with E-state index >= 15 is 0 Å². The zero-order valence-electron chi connectivity index (χ0n) is 36.1. The zero-order valence-corrected chi connectivity index (χ0v) is 37.7. The molecule has 0 unspecified atom stereocenters. The normalized spacial score (nSPS) is 17.6. The first-order valence-corrected chi connectivity index (χ1v) is 23.1. The molecular weight excluding hydrogens is 862 g/mol. The number of unbranched alkanes of at least 4 members (excludes halogenated alkanes) is 1. The Bertz CT molecular complexity index is 2500. The van der Waals surface area contributed by atoms with Crippen LogP contribution in [-0.4, -0.2) is 97.1 Å². The highest BCUT2D eigenvalue weighted by molar-refractivity contribution is 7.88. The Morgan fingerprint density at radius 2 is 1.50 bits per heavy atom. The van der Waals surface area contributed by atoms with Gasteiger partial charge in [0, 0.05) is 59.9 Å². The van der Waals surface area contributed by atoms with Crippen LogP contribution < -0.4 is 21.1 Å². The fourth-order valence-corrected chi connectivity index (χ4v) is 8.13. The number of aromatic hydroxyl groups is 2. The Morgan fingerprint density at radius 1 is 0.891 bits per heavy atom. The lowest BCUT2D eigenvalue weighted by Crippen LogP contribution is -2.53. The van der Waals surface area contributed by atoms with Crippen LogP contribution in [0.2, 0.25) is 5.02 Å². The Balaban J connectivity index is 1.47. The van der Waals surface area contributed by atoms with E-state index in [0.717, 1.165) is 17.4 Å². The summed E-state index contributed by atoms with van der Waals surface area (Å²) in [5, 5.41) is 28.0. The van der Waals surface area contributed by atoms with E-state index in [1.54, 1.807) is 24.3 Å². The summed E-state index contributed by atoms with van der Waals surface area (Å²) in [5.41, 5.74) is 8.91. The molecule has 0 aromatic heterocycles. The number of phenolic OH excluding ortho intramolecular Hbond substituents is 2. The maximum absolute atomic E-state index is 14.6. The number of hydrogen-bond donors (Lipinski definition) is 6. The summed E-state index contributed by atoms with van der Waals surface area (Å²) >= 11 is 6.05. The molecular formula is C47H54ClN5O10S. The van der Waals surface area contributed by atoms with Gasteiger partial charge in [-0.1, -0.05) is 73.5 Å².